The maximum atomic E-state index is 13.1. The fourth-order valence-electron chi connectivity index (χ4n) is 1.89. The van der Waals surface area contributed by atoms with Gasteiger partial charge < -0.3 is 15.6 Å². The third-order valence-electron chi connectivity index (χ3n) is 2.92. The normalized spacial score (nSPS) is 11.7. The number of benzene rings is 1. The van der Waals surface area contributed by atoms with Crippen LogP contribution in [0, 0.1) is 0 Å². The maximum Gasteiger partial charge on any atom is 0.417 e. The number of nitrogens with zero attached hydrogens (tertiary/aromatic N) is 2. The number of nitrogens with two attached hydrogens (primary N) is 1. The monoisotopic (exact) mass is 287 g/mol. The summed E-state index contributed by atoms with van der Waals surface area (Å²) in [7, 11) is 2.74. The lowest BCUT2D eigenvalue weighted by molar-refractivity contribution is -0.137. The third-order valence-corrected chi connectivity index (χ3v) is 2.92. The zero-order valence-electron chi connectivity index (χ0n) is 10.7. The van der Waals surface area contributed by atoms with Crippen LogP contribution in [-0.2, 0) is 13.2 Å². The molecule has 1 aromatic heterocycles. The minimum Gasteiger partial charge on any atom is -0.504 e. The number of alkyl halides is 3. The van der Waals surface area contributed by atoms with Gasteiger partial charge in [-0.05, 0) is 12.1 Å². The van der Waals surface area contributed by atoms with Gasteiger partial charge in [-0.2, -0.15) is 18.3 Å². The molecule has 0 aliphatic heterocycles. The van der Waals surface area contributed by atoms with E-state index < -0.39 is 23.1 Å². The molecule has 1 heterocycles. The van der Waals surface area contributed by atoms with Crippen LogP contribution in [0.5, 0.6) is 11.5 Å². The number of hydrogen-bond acceptors (Lipinski definition) is 4. The molecule has 0 aliphatic carbocycles. The van der Waals surface area contributed by atoms with Crippen molar-refractivity contribution < 1.29 is 23.0 Å². The fourth-order valence-corrected chi connectivity index (χ4v) is 1.89. The highest BCUT2D eigenvalue weighted by Gasteiger charge is 2.36. The minimum atomic E-state index is -4.64. The van der Waals surface area contributed by atoms with E-state index >= 15 is 0 Å². The smallest absolute Gasteiger partial charge is 0.417 e. The predicted molar refractivity (Wildman–Crippen MR) is 66.3 cm³/mol. The second-order valence-corrected chi connectivity index (χ2v) is 4.10. The number of ether oxygens (including phenoxy) is 1. The summed E-state index contributed by atoms with van der Waals surface area (Å²) >= 11 is 0. The van der Waals surface area contributed by atoms with Gasteiger partial charge in [-0.1, -0.05) is 0 Å². The Bertz CT molecular complexity index is 650. The molecule has 0 atom stereocenters. The third kappa shape index (κ3) is 2.13. The SMILES string of the molecule is COc1ccc(C(F)(F)F)c(-c2cnn(C)c2N)c1O. The van der Waals surface area contributed by atoms with Gasteiger partial charge in [0.1, 0.15) is 5.82 Å². The van der Waals surface area contributed by atoms with Gasteiger partial charge in [0.05, 0.1) is 18.9 Å². The first-order valence-electron chi connectivity index (χ1n) is 5.52. The second-order valence-electron chi connectivity index (χ2n) is 4.10. The van der Waals surface area contributed by atoms with Crippen LogP contribution in [0.1, 0.15) is 5.56 Å². The number of aromatic hydroxyl groups is 1. The Morgan fingerprint density at radius 1 is 1.35 bits per heavy atom. The summed E-state index contributed by atoms with van der Waals surface area (Å²) in [4.78, 5) is 0. The summed E-state index contributed by atoms with van der Waals surface area (Å²) in [5.41, 5.74) is 4.24. The van der Waals surface area contributed by atoms with Crippen molar-refractivity contribution in [3.63, 3.8) is 0 Å². The number of rotatable bonds is 2. The van der Waals surface area contributed by atoms with Gasteiger partial charge in [-0.15, -0.1) is 0 Å². The zero-order chi connectivity index (χ0) is 15.1. The molecule has 0 fully saturated rings. The molecule has 0 radical (unpaired) electrons. The highest BCUT2D eigenvalue weighted by molar-refractivity contribution is 5.83. The van der Waals surface area contributed by atoms with Gasteiger partial charge in [0.15, 0.2) is 11.5 Å². The summed E-state index contributed by atoms with van der Waals surface area (Å²) in [6.45, 7) is 0. The maximum absolute atomic E-state index is 13.1. The molecule has 0 saturated heterocycles. The summed E-state index contributed by atoms with van der Waals surface area (Å²) in [6, 6.07) is 1.88. The average Bonchev–Trinajstić information content (AvgIpc) is 2.69. The number of phenolic OH excluding ortho intramolecular Hbond substituents is 1. The standard InChI is InChI=1S/C12H12F3N3O2/c1-18-11(16)6(5-17-18)9-7(12(13,14)15)3-4-8(20-2)10(9)19/h3-5,19H,16H2,1-2H3. The average molecular weight is 287 g/mol. The molecular formula is C12H12F3N3O2. The highest BCUT2D eigenvalue weighted by Crippen LogP contribution is 2.47. The zero-order valence-corrected chi connectivity index (χ0v) is 10.7. The van der Waals surface area contributed by atoms with Gasteiger partial charge >= 0.3 is 6.18 Å². The first kappa shape index (κ1) is 14.0. The van der Waals surface area contributed by atoms with Gasteiger partial charge in [0, 0.05) is 18.2 Å². The van der Waals surface area contributed by atoms with Crippen molar-refractivity contribution in [2.24, 2.45) is 7.05 Å². The number of aromatic nitrogens is 2. The Kier molecular flexibility index (Phi) is 3.24. The highest BCUT2D eigenvalue weighted by atomic mass is 19.4. The van der Waals surface area contributed by atoms with Crippen LogP contribution < -0.4 is 10.5 Å². The number of methoxy groups -OCH3 is 1. The molecule has 5 nitrogen and oxygen atoms in total. The first-order valence-corrected chi connectivity index (χ1v) is 5.52. The first-order chi connectivity index (χ1) is 9.27. The molecule has 0 spiro atoms. The molecule has 1 aromatic carbocycles. The summed E-state index contributed by atoms with van der Waals surface area (Å²) in [6.07, 6.45) is -3.47. The molecule has 2 rings (SSSR count). The van der Waals surface area contributed by atoms with E-state index in [-0.39, 0.29) is 17.1 Å². The molecule has 20 heavy (non-hydrogen) atoms. The number of aryl methyl sites for hydroxylation is 1. The van der Waals surface area contributed by atoms with E-state index in [4.69, 9.17) is 10.5 Å². The Hall–Kier alpha value is -2.38. The summed E-state index contributed by atoms with van der Waals surface area (Å²) < 4.78 is 45.3. The van der Waals surface area contributed by atoms with E-state index in [0.29, 0.717) is 0 Å². The molecule has 0 unspecified atom stereocenters. The van der Waals surface area contributed by atoms with E-state index in [0.717, 1.165) is 12.1 Å². The molecule has 8 heteroatoms. The van der Waals surface area contributed by atoms with Crippen molar-refractivity contribution in [3.05, 3.63) is 23.9 Å². The van der Waals surface area contributed by atoms with Crippen LogP contribution >= 0.6 is 0 Å². The van der Waals surface area contributed by atoms with Gasteiger partial charge in [-0.25, -0.2) is 0 Å². The van der Waals surface area contributed by atoms with Crippen molar-refractivity contribution in [1.29, 1.82) is 0 Å². The molecule has 2 aromatic rings. The van der Waals surface area contributed by atoms with Crippen LogP contribution in [0.3, 0.4) is 0 Å². The molecule has 0 bridgehead atoms. The second kappa shape index (κ2) is 4.62. The van der Waals surface area contributed by atoms with Crippen molar-refractivity contribution in [2.75, 3.05) is 12.8 Å². The molecule has 0 amide bonds. The Morgan fingerprint density at radius 3 is 2.45 bits per heavy atom. The Balaban J connectivity index is 2.81. The topological polar surface area (TPSA) is 73.3 Å². The molecule has 0 saturated carbocycles. The van der Waals surface area contributed by atoms with E-state index in [2.05, 4.69) is 5.10 Å². The number of halogens is 3. The van der Waals surface area contributed by atoms with Crippen molar-refractivity contribution in [2.45, 2.75) is 6.18 Å². The lowest BCUT2D eigenvalue weighted by Crippen LogP contribution is -2.08. The van der Waals surface area contributed by atoms with E-state index in [1.54, 1.807) is 0 Å². The summed E-state index contributed by atoms with van der Waals surface area (Å²) in [5.74, 6) is -0.683. The molecule has 3 N–H and O–H groups in total. The predicted octanol–water partition coefficient (Wildman–Crippen LogP) is 2.40. The largest absolute Gasteiger partial charge is 0.504 e. The molecule has 108 valence electrons. The van der Waals surface area contributed by atoms with E-state index in [1.807, 2.05) is 0 Å². The number of nitrogen functional groups attached to an aromatic ring is 1. The van der Waals surface area contributed by atoms with Crippen molar-refractivity contribution in [3.8, 4) is 22.6 Å². The number of phenols is 1. The van der Waals surface area contributed by atoms with E-state index in [1.165, 1.54) is 25.0 Å². The van der Waals surface area contributed by atoms with Crippen LogP contribution in [0.2, 0.25) is 0 Å². The molecule has 0 aliphatic rings. The number of anilines is 1. The van der Waals surface area contributed by atoms with Crippen LogP contribution in [-0.4, -0.2) is 22.0 Å². The van der Waals surface area contributed by atoms with Crippen LogP contribution in [0.25, 0.3) is 11.1 Å². The fraction of sp³-hybridized carbons (Fsp3) is 0.250. The lowest BCUT2D eigenvalue weighted by atomic mass is 9.99. The van der Waals surface area contributed by atoms with Crippen molar-refractivity contribution in [1.82, 2.24) is 9.78 Å². The van der Waals surface area contributed by atoms with E-state index in [9.17, 15) is 18.3 Å². The van der Waals surface area contributed by atoms with Crippen LogP contribution in [0.15, 0.2) is 18.3 Å². The summed E-state index contributed by atoms with van der Waals surface area (Å²) in [5, 5.41) is 13.8. The minimum absolute atomic E-state index is 0.00350. The van der Waals surface area contributed by atoms with Gasteiger partial charge in [-0.3, -0.25) is 4.68 Å². The Labute approximate surface area is 112 Å². The van der Waals surface area contributed by atoms with Gasteiger partial charge in [0.25, 0.3) is 0 Å². The number of hydrogen-bond donors (Lipinski definition) is 2. The Morgan fingerprint density at radius 2 is 2.00 bits per heavy atom. The quantitative estimate of drug-likeness (QED) is 0.889. The molecular weight excluding hydrogens is 275 g/mol. The van der Waals surface area contributed by atoms with Crippen LogP contribution in [0.4, 0.5) is 19.0 Å². The van der Waals surface area contributed by atoms with Gasteiger partial charge in [0.2, 0.25) is 0 Å². The lowest BCUT2D eigenvalue weighted by Gasteiger charge is -2.16. The van der Waals surface area contributed by atoms with Crippen molar-refractivity contribution >= 4 is 5.82 Å².